The molecule has 1 aromatic heterocycles. The molecule has 0 fully saturated rings. The highest BCUT2D eigenvalue weighted by Gasteiger charge is 2.42. The van der Waals surface area contributed by atoms with Gasteiger partial charge in [-0.15, -0.1) is 0 Å². The van der Waals surface area contributed by atoms with Crippen LogP contribution in [0.2, 0.25) is 0 Å². The molecule has 0 saturated heterocycles. The van der Waals surface area contributed by atoms with E-state index in [1.165, 1.54) is 19.1 Å². The van der Waals surface area contributed by atoms with Gasteiger partial charge in [-0.05, 0) is 19.1 Å². The van der Waals surface area contributed by atoms with E-state index in [-0.39, 0.29) is 6.61 Å². The Balaban J connectivity index is 2.63. The van der Waals surface area contributed by atoms with Gasteiger partial charge in [-0.2, -0.15) is 18.3 Å². The SMILES string of the molecule is CCOC(=O)c1c(C(F)(F)F)nn(-c2ccccc2)c1N. The van der Waals surface area contributed by atoms with Crippen molar-refractivity contribution in [2.75, 3.05) is 12.3 Å². The van der Waals surface area contributed by atoms with Crippen LogP contribution in [-0.4, -0.2) is 22.4 Å². The molecule has 2 rings (SSSR count). The maximum atomic E-state index is 13.0. The van der Waals surface area contributed by atoms with Crippen LogP contribution in [0.1, 0.15) is 23.0 Å². The van der Waals surface area contributed by atoms with Crippen molar-refractivity contribution in [1.29, 1.82) is 0 Å². The van der Waals surface area contributed by atoms with E-state index in [2.05, 4.69) is 9.84 Å². The van der Waals surface area contributed by atoms with Gasteiger partial charge in [-0.3, -0.25) is 0 Å². The molecule has 0 aliphatic rings. The molecule has 0 bridgehead atoms. The molecule has 0 saturated carbocycles. The fourth-order valence-corrected chi connectivity index (χ4v) is 1.80. The average molecular weight is 299 g/mol. The topological polar surface area (TPSA) is 70.1 Å². The molecule has 0 aliphatic heterocycles. The minimum atomic E-state index is -4.81. The zero-order valence-electron chi connectivity index (χ0n) is 11.0. The number of nitrogen functional groups attached to an aromatic ring is 1. The first kappa shape index (κ1) is 14.9. The van der Waals surface area contributed by atoms with Crippen LogP contribution in [0.5, 0.6) is 0 Å². The number of aromatic nitrogens is 2. The highest BCUT2D eigenvalue weighted by atomic mass is 19.4. The second-order valence-corrected chi connectivity index (χ2v) is 4.07. The van der Waals surface area contributed by atoms with Crippen LogP contribution in [-0.2, 0) is 10.9 Å². The van der Waals surface area contributed by atoms with Crippen LogP contribution in [0, 0.1) is 0 Å². The number of ether oxygens (including phenoxy) is 1. The number of carbonyl (C=O) groups excluding carboxylic acids is 1. The summed E-state index contributed by atoms with van der Waals surface area (Å²) >= 11 is 0. The summed E-state index contributed by atoms with van der Waals surface area (Å²) in [5, 5.41) is 3.42. The lowest BCUT2D eigenvalue weighted by atomic mass is 10.2. The Morgan fingerprint density at radius 3 is 2.48 bits per heavy atom. The minimum Gasteiger partial charge on any atom is -0.462 e. The average Bonchev–Trinajstić information content (AvgIpc) is 2.78. The fourth-order valence-electron chi connectivity index (χ4n) is 1.80. The van der Waals surface area contributed by atoms with Crippen molar-refractivity contribution in [3.05, 3.63) is 41.6 Å². The number of rotatable bonds is 3. The van der Waals surface area contributed by atoms with Crippen molar-refractivity contribution in [3.8, 4) is 5.69 Å². The Morgan fingerprint density at radius 2 is 1.95 bits per heavy atom. The molecule has 0 radical (unpaired) electrons. The Labute approximate surface area is 118 Å². The molecule has 0 atom stereocenters. The maximum Gasteiger partial charge on any atom is 0.436 e. The molecule has 2 aromatic rings. The Hall–Kier alpha value is -2.51. The number of benzene rings is 1. The van der Waals surface area contributed by atoms with E-state index >= 15 is 0 Å². The summed E-state index contributed by atoms with van der Waals surface area (Å²) in [6, 6.07) is 7.98. The number of anilines is 1. The Bertz CT molecular complexity index is 651. The summed E-state index contributed by atoms with van der Waals surface area (Å²) in [5.74, 6) is -1.56. The second-order valence-electron chi connectivity index (χ2n) is 4.07. The number of alkyl halides is 3. The smallest absolute Gasteiger partial charge is 0.436 e. The lowest BCUT2D eigenvalue weighted by molar-refractivity contribution is -0.141. The van der Waals surface area contributed by atoms with Crippen molar-refractivity contribution in [2.45, 2.75) is 13.1 Å². The fraction of sp³-hybridized carbons (Fsp3) is 0.231. The number of halogens is 3. The number of nitrogens with zero attached hydrogens (tertiary/aromatic N) is 2. The predicted molar refractivity (Wildman–Crippen MR) is 68.9 cm³/mol. The zero-order chi connectivity index (χ0) is 15.6. The maximum absolute atomic E-state index is 13.0. The van der Waals surface area contributed by atoms with Crippen LogP contribution < -0.4 is 5.73 Å². The normalized spacial score (nSPS) is 11.4. The first-order chi connectivity index (χ1) is 9.86. The van der Waals surface area contributed by atoms with E-state index in [9.17, 15) is 18.0 Å². The molecule has 112 valence electrons. The number of hydrogen-bond acceptors (Lipinski definition) is 4. The first-order valence-electron chi connectivity index (χ1n) is 6.04. The molecule has 8 heteroatoms. The van der Waals surface area contributed by atoms with Crippen LogP contribution in [0.15, 0.2) is 30.3 Å². The Morgan fingerprint density at radius 1 is 1.33 bits per heavy atom. The molecule has 1 heterocycles. The van der Waals surface area contributed by atoms with Crippen molar-refractivity contribution >= 4 is 11.8 Å². The molecule has 5 nitrogen and oxygen atoms in total. The summed E-state index contributed by atoms with van der Waals surface area (Å²) in [6.07, 6.45) is -4.81. The van der Waals surface area contributed by atoms with E-state index in [4.69, 9.17) is 5.73 Å². The molecular weight excluding hydrogens is 287 g/mol. The first-order valence-corrected chi connectivity index (χ1v) is 6.04. The van der Waals surface area contributed by atoms with Gasteiger partial charge in [0.15, 0.2) is 5.69 Å². The number of carbonyl (C=O) groups is 1. The molecule has 0 aliphatic carbocycles. The summed E-state index contributed by atoms with van der Waals surface area (Å²) in [5.41, 5.74) is 3.85. The van der Waals surface area contributed by atoms with Gasteiger partial charge in [0.1, 0.15) is 11.4 Å². The molecule has 21 heavy (non-hydrogen) atoms. The van der Waals surface area contributed by atoms with E-state index in [0.717, 1.165) is 4.68 Å². The largest absolute Gasteiger partial charge is 0.462 e. The van der Waals surface area contributed by atoms with Crippen molar-refractivity contribution in [3.63, 3.8) is 0 Å². The quantitative estimate of drug-likeness (QED) is 0.885. The molecule has 2 N–H and O–H groups in total. The van der Waals surface area contributed by atoms with Gasteiger partial charge in [0.2, 0.25) is 0 Å². The summed E-state index contributed by atoms with van der Waals surface area (Å²) in [6.45, 7) is 1.43. The number of nitrogens with two attached hydrogens (primary N) is 1. The van der Waals surface area contributed by atoms with Crippen LogP contribution in [0.3, 0.4) is 0 Å². The van der Waals surface area contributed by atoms with Gasteiger partial charge >= 0.3 is 12.1 Å². The van der Waals surface area contributed by atoms with Crippen LogP contribution >= 0.6 is 0 Å². The summed E-state index contributed by atoms with van der Waals surface area (Å²) in [4.78, 5) is 11.7. The van der Waals surface area contributed by atoms with Gasteiger partial charge in [-0.1, -0.05) is 18.2 Å². The lowest BCUT2D eigenvalue weighted by Crippen LogP contribution is -2.15. The van der Waals surface area contributed by atoms with Crippen molar-refractivity contribution < 1.29 is 22.7 Å². The standard InChI is InChI=1S/C13H12F3N3O2/c1-2-21-12(20)9-10(13(14,15)16)18-19(11(9)17)8-6-4-3-5-7-8/h3-7H,2,17H2,1H3. The molecule has 0 amide bonds. The number of esters is 1. The van der Waals surface area contributed by atoms with Crippen molar-refractivity contribution in [1.82, 2.24) is 9.78 Å². The van der Waals surface area contributed by atoms with Gasteiger partial charge in [-0.25, -0.2) is 9.48 Å². The molecule has 0 spiro atoms. The van der Waals surface area contributed by atoms with E-state index in [1.807, 2.05) is 0 Å². The zero-order valence-corrected chi connectivity index (χ0v) is 11.0. The molecule has 1 aromatic carbocycles. The Kier molecular flexibility index (Phi) is 3.88. The minimum absolute atomic E-state index is 0.0634. The highest BCUT2D eigenvalue weighted by Crippen LogP contribution is 2.35. The highest BCUT2D eigenvalue weighted by molar-refractivity contribution is 5.96. The van der Waals surface area contributed by atoms with Crippen LogP contribution in [0.4, 0.5) is 19.0 Å². The van der Waals surface area contributed by atoms with Gasteiger partial charge < -0.3 is 10.5 Å². The third kappa shape index (κ3) is 2.83. The second kappa shape index (κ2) is 5.47. The molecule has 0 unspecified atom stereocenters. The third-order valence-electron chi connectivity index (χ3n) is 2.67. The van der Waals surface area contributed by atoms with Crippen LogP contribution in [0.25, 0.3) is 5.69 Å². The number of hydrogen-bond donors (Lipinski definition) is 1. The summed E-state index contributed by atoms with van der Waals surface area (Å²) < 4.78 is 44.5. The lowest BCUT2D eigenvalue weighted by Gasteiger charge is -2.05. The van der Waals surface area contributed by atoms with Gasteiger partial charge in [0, 0.05) is 0 Å². The molecular formula is C13H12F3N3O2. The van der Waals surface area contributed by atoms with E-state index in [0.29, 0.717) is 5.69 Å². The third-order valence-corrected chi connectivity index (χ3v) is 2.67. The number of para-hydroxylation sites is 1. The van der Waals surface area contributed by atoms with E-state index < -0.39 is 29.2 Å². The van der Waals surface area contributed by atoms with Gasteiger partial charge in [0.25, 0.3) is 0 Å². The van der Waals surface area contributed by atoms with E-state index in [1.54, 1.807) is 18.2 Å². The summed E-state index contributed by atoms with van der Waals surface area (Å²) in [7, 11) is 0. The van der Waals surface area contributed by atoms with Crippen molar-refractivity contribution in [2.24, 2.45) is 0 Å². The predicted octanol–water partition coefficient (Wildman–Crippen LogP) is 2.65. The van der Waals surface area contributed by atoms with Gasteiger partial charge in [0.05, 0.1) is 12.3 Å². The monoisotopic (exact) mass is 299 g/mol.